The fourth-order valence-corrected chi connectivity index (χ4v) is 3.69. The van der Waals surface area contributed by atoms with Crippen LogP contribution in [0.3, 0.4) is 0 Å². The third-order valence-electron chi connectivity index (χ3n) is 5.50. The zero-order valence-electron chi connectivity index (χ0n) is 20.1. The van der Waals surface area contributed by atoms with Crippen molar-refractivity contribution in [2.24, 2.45) is 0 Å². The highest BCUT2D eigenvalue weighted by Gasteiger charge is 2.26. The number of nitrogens with zero attached hydrogens (tertiary/aromatic N) is 3. The van der Waals surface area contributed by atoms with Crippen LogP contribution < -0.4 is 5.32 Å². The average molecular weight is 496 g/mol. The number of aromatic amines is 1. The Bertz CT molecular complexity index is 1030. The molecule has 2 aromatic rings. The van der Waals surface area contributed by atoms with E-state index in [9.17, 15) is 23.2 Å². The first kappa shape index (κ1) is 26.2. The summed E-state index contributed by atoms with van der Waals surface area (Å²) in [4.78, 5) is 41.9. The van der Waals surface area contributed by atoms with Crippen LogP contribution in [0.2, 0.25) is 0 Å². The maximum absolute atomic E-state index is 13.2. The summed E-state index contributed by atoms with van der Waals surface area (Å²) in [5, 5.41) is 12.5. The SMILES string of the molecule is CC(C)(C)OC(=O)N1CCNCC1.O=C(O)N1CCN(C(=O)c2cc3cc(F)c(F)cc3[nH]2)CC1. The summed E-state index contributed by atoms with van der Waals surface area (Å²) in [6.45, 7) is 9.90. The molecule has 0 aliphatic carbocycles. The van der Waals surface area contributed by atoms with Gasteiger partial charge in [0.25, 0.3) is 5.91 Å². The van der Waals surface area contributed by atoms with Crippen molar-refractivity contribution in [1.82, 2.24) is 25.0 Å². The first-order chi connectivity index (χ1) is 16.4. The van der Waals surface area contributed by atoms with E-state index in [1.165, 1.54) is 15.9 Å². The molecule has 0 radical (unpaired) electrons. The van der Waals surface area contributed by atoms with E-state index in [2.05, 4.69) is 10.3 Å². The lowest BCUT2D eigenvalue weighted by Gasteiger charge is -2.32. The number of carbonyl (C=O) groups is 3. The highest BCUT2D eigenvalue weighted by Crippen LogP contribution is 2.20. The van der Waals surface area contributed by atoms with Gasteiger partial charge in [-0.15, -0.1) is 0 Å². The van der Waals surface area contributed by atoms with Crippen LogP contribution in [0.5, 0.6) is 0 Å². The largest absolute Gasteiger partial charge is 0.465 e. The summed E-state index contributed by atoms with van der Waals surface area (Å²) in [6.07, 6.45) is -1.21. The van der Waals surface area contributed by atoms with Gasteiger partial charge in [0, 0.05) is 69.3 Å². The van der Waals surface area contributed by atoms with E-state index in [1.807, 2.05) is 20.8 Å². The van der Waals surface area contributed by atoms with Crippen LogP contribution >= 0.6 is 0 Å². The van der Waals surface area contributed by atoms with Crippen LogP contribution in [0.25, 0.3) is 10.9 Å². The smallest absolute Gasteiger partial charge is 0.410 e. The van der Waals surface area contributed by atoms with Gasteiger partial charge in [-0.05, 0) is 32.9 Å². The molecule has 0 atom stereocenters. The number of fused-ring (bicyclic) bond motifs is 1. The van der Waals surface area contributed by atoms with Crippen molar-refractivity contribution >= 4 is 29.0 Å². The number of halogens is 2. The van der Waals surface area contributed by atoms with E-state index in [-0.39, 0.29) is 49.5 Å². The van der Waals surface area contributed by atoms with Crippen LogP contribution in [-0.2, 0) is 4.74 Å². The summed E-state index contributed by atoms with van der Waals surface area (Å²) in [5.41, 5.74) is 0.178. The quantitative estimate of drug-likeness (QED) is 0.560. The summed E-state index contributed by atoms with van der Waals surface area (Å²) in [6, 6.07) is 3.49. The van der Waals surface area contributed by atoms with E-state index in [1.54, 1.807) is 4.90 Å². The minimum absolute atomic E-state index is 0.200. The molecule has 3 amide bonds. The Morgan fingerprint density at radius 2 is 1.46 bits per heavy atom. The summed E-state index contributed by atoms with van der Waals surface area (Å²) in [5.74, 6) is -2.27. The third-order valence-corrected chi connectivity index (χ3v) is 5.50. The minimum atomic E-state index is -1.01. The van der Waals surface area contributed by atoms with Crippen molar-refractivity contribution in [2.75, 3.05) is 52.4 Å². The predicted octanol–water partition coefficient (Wildman–Crippen LogP) is 2.71. The lowest BCUT2D eigenvalue weighted by Crippen LogP contribution is -2.50. The van der Waals surface area contributed by atoms with Crippen molar-refractivity contribution in [1.29, 1.82) is 0 Å². The monoisotopic (exact) mass is 495 g/mol. The Morgan fingerprint density at radius 1 is 0.886 bits per heavy atom. The van der Waals surface area contributed by atoms with E-state index in [4.69, 9.17) is 9.84 Å². The van der Waals surface area contributed by atoms with E-state index in [0.717, 1.165) is 38.3 Å². The third kappa shape index (κ3) is 7.04. The number of H-pyrrole nitrogens is 1. The highest BCUT2D eigenvalue weighted by molar-refractivity contribution is 5.98. The second-order valence-corrected chi connectivity index (χ2v) is 9.32. The van der Waals surface area contributed by atoms with Crippen molar-refractivity contribution in [3.63, 3.8) is 0 Å². The fourth-order valence-electron chi connectivity index (χ4n) is 3.69. The molecule has 1 aromatic heterocycles. The van der Waals surface area contributed by atoms with Crippen molar-refractivity contribution in [2.45, 2.75) is 26.4 Å². The average Bonchev–Trinajstić information content (AvgIpc) is 3.21. The fraction of sp³-hybridized carbons (Fsp3) is 0.522. The van der Waals surface area contributed by atoms with Gasteiger partial charge in [-0.25, -0.2) is 18.4 Å². The van der Waals surface area contributed by atoms with Crippen LogP contribution in [0.4, 0.5) is 18.4 Å². The van der Waals surface area contributed by atoms with Gasteiger partial charge in [0.15, 0.2) is 11.6 Å². The molecule has 4 rings (SSSR count). The topological polar surface area (TPSA) is 118 Å². The Morgan fingerprint density at radius 3 is 2.03 bits per heavy atom. The maximum Gasteiger partial charge on any atom is 0.410 e. The molecule has 2 fully saturated rings. The number of amides is 3. The van der Waals surface area contributed by atoms with Crippen LogP contribution in [0, 0.1) is 11.6 Å². The molecule has 12 heteroatoms. The van der Waals surface area contributed by atoms with Crippen molar-refractivity contribution in [3.8, 4) is 0 Å². The summed E-state index contributed by atoms with van der Waals surface area (Å²) in [7, 11) is 0. The first-order valence-corrected chi connectivity index (χ1v) is 11.4. The van der Waals surface area contributed by atoms with E-state index >= 15 is 0 Å². The molecular weight excluding hydrogens is 464 g/mol. The van der Waals surface area contributed by atoms with Gasteiger partial charge >= 0.3 is 12.2 Å². The molecule has 3 N–H and O–H groups in total. The Hall–Kier alpha value is -3.41. The van der Waals surface area contributed by atoms with Crippen molar-refractivity contribution < 1.29 is 33.0 Å². The molecule has 2 aliphatic heterocycles. The van der Waals surface area contributed by atoms with Crippen LogP contribution in [0.15, 0.2) is 18.2 Å². The number of aromatic nitrogens is 1. The van der Waals surface area contributed by atoms with Gasteiger partial charge in [-0.1, -0.05) is 0 Å². The summed E-state index contributed by atoms with van der Waals surface area (Å²) < 4.78 is 31.6. The second kappa shape index (κ2) is 10.9. The normalized spacial score (nSPS) is 16.5. The number of nitrogens with one attached hydrogen (secondary N) is 2. The van der Waals surface area contributed by atoms with E-state index < -0.39 is 17.7 Å². The standard InChI is InChI=1S/C14H13F2N3O3.C9H18N2O2/c15-9-5-8-6-12(17-11(8)7-10(9)16)13(20)18-1-3-19(4-2-18)14(21)22;1-9(2,3)13-8(12)11-6-4-10-5-7-11/h5-7,17H,1-4H2,(H,21,22);10H,4-7H2,1-3H3. The molecule has 2 aliphatic rings. The summed E-state index contributed by atoms with van der Waals surface area (Å²) >= 11 is 0. The molecule has 192 valence electrons. The number of piperazine rings is 2. The number of hydrogen-bond donors (Lipinski definition) is 3. The van der Waals surface area contributed by atoms with Gasteiger partial charge < -0.3 is 34.8 Å². The van der Waals surface area contributed by atoms with Gasteiger partial charge in [-0.2, -0.15) is 0 Å². The lowest BCUT2D eigenvalue weighted by molar-refractivity contribution is 0.0228. The molecule has 2 saturated heterocycles. The molecular formula is C23H31F2N5O5. The first-order valence-electron chi connectivity index (χ1n) is 11.4. The number of rotatable bonds is 1. The Labute approximate surface area is 201 Å². The number of carbonyl (C=O) groups excluding carboxylic acids is 2. The van der Waals surface area contributed by atoms with Crippen LogP contribution in [0.1, 0.15) is 31.3 Å². The number of hydrogen-bond acceptors (Lipinski definition) is 5. The zero-order valence-corrected chi connectivity index (χ0v) is 20.1. The lowest BCUT2D eigenvalue weighted by atomic mass is 10.2. The molecule has 0 bridgehead atoms. The number of ether oxygens (including phenoxy) is 1. The number of carboxylic acid groups (broad SMARTS) is 1. The van der Waals surface area contributed by atoms with Gasteiger partial charge in [0.1, 0.15) is 11.3 Å². The molecule has 3 heterocycles. The van der Waals surface area contributed by atoms with Gasteiger partial charge in [0.05, 0.1) is 0 Å². The van der Waals surface area contributed by atoms with Gasteiger partial charge in [0.2, 0.25) is 0 Å². The molecule has 0 unspecified atom stereocenters. The highest BCUT2D eigenvalue weighted by atomic mass is 19.2. The number of benzene rings is 1. The zero-order chi connectivity index (χ0) is 25.8. The molecule has 10 nitrogen and oxygen atoms in total. The van der Waals surface area contributed by atoms with Crippen LogP contribution in [-0.4, -0.2) is 101 Å². The van der Waals surface area contributed by atoms with Crippen molar-refractivity contribution in [3.05, 3.63) is 35.5 Å². The predicted molar refractivity (Wildman–Crippen MR) is 124 cm³/mol. The Kier molecular flexibility index (Phi) is 8.15. The molecule has 0 saturated carbocycles. The molecule has 1 aromatic carbocycles. The van der Waals surface area contributed by atoms with E-state index in [0.29, 0.717) is 10.9 Å². The molecule has 35 heavy (non-hydrogen) atoms. The second-order valence-electron chi connectivity index (χ2n) is 9.32. The Balaban J connectivity index is 0.000000225. The van der Waals surface area contributed by atoms with Gasteiger partial charge in [-0.3, -0.25) is 4.79 Å². The maximum atomic E-state index is 13.2. The minimum Gasteiger partial charge on any atom is -0.465 e. The molecule has 0 spiro atoms.